The van der Waals surface area contributed by atoms with Crippen LogP contribution in [0.4, 0.5) is 5.69 Å². The molecule has 1 aliphatic heterocycles. The van der Waals surface area contributed by atoms with E-state index in [0.29, 0.717) is 23.4 Å². The Balaban J connectivity index is 1.55. The Morgan fingerprint density at radius 2 is 2.24 bits per heavy atom. The van der Waals surface area contributed by atoms with Gasteiger partial charge in [-0.1, -0.05) is 24.4 Å². The molecule has 0 radical (unpaired) electrons. The molecule has 0 unspecified atom stereocenters. The number of aromatic amines is 1. The number of anilines is 1. The minimum Gasteiger partial charge on any atom is -0.376 e. The molecule has 2 aromatic rings. The first-order chi connectivity index (χ1) is 12.2. The molecule has 1 fully saturated rings. The largest absolute Gasteiger partial charge is 0.376 e. The van der Waals surface area contributed by atoms with Crippen molar-refractivity contribution in [3.8, 4) is 0 Å². The summed E-state index contributed by atoms with van der Waals surface area (Å²) in [5, 5.41) is 2.87. The molecule has 1 aromatic carbocycles. The average Bonchev–Trinajstić information content (AvgIpc) is 2.63. The summed E-state index contributed by atoms with van der Waals surface area (Å²) in [5.74, 6) is -0.226. The lowest BCUT2D eigenvalue weighted by atomic mass is 10.1. The molecule has 0 spiro atoms. The number of nitrogens with one attached hydrogen (secondary N) is 2. The summed E-state index contributed by atoms with van der Waals surface area (Å²) in [5.41, 5.74) is 2.18. The zero-order valence-electron chi connectivity index (χ0n) is 14.0. The molecular weight excluding hydrogens is 336 g/mol. The molecule has 3 rings (SSSR count). The number of ether oxygens (including phenoxy) is 2. The number of H-pyrrole nitrogens is 1. The van der Waals surface area contributed by atoms with Crippen molar-refractivity contribution in [3.63, 3.8) is 0 Å². The Morgan fingerprint density at radius 3 is 3.04 bits per heavy atom. The molecule has 132 valence electrons. The molecule has 2 N–H and O–H groups in total. The zero-order valence-corrected chi connectivity index (χ0v) is 14.8. The molecule has 25 heavy (non-hydrogen) atoms. The van der Waals surface area contributed by atoms with E-state index in [9.17, 15) is 4.79 Å². The Bertz CT molecular complexity index is 769. The molecular formula is C19H22N2O3S. The van der Waals surface area contributed by atoms with Gasteiger partial charge in [-0.15, -0.1) is 0 Å². The molecule has 2 heterocycles. The van der Waals surface area contributed by atoms with Crippen LogP contribution in [0.1, 0.15) is 35.2 Å². The minimum absolute atomic E-state index is 0.205. The average molecular weight is 358 g/mol. The number of benzene rings is 1. The quantitative estimate of drug-likeness (QED) is 0.764. The predicted octanol–water partition coefficient (Wildman–Crippen LogP) is 4.08. The normalized spacial score (nSPS) is 17.2. The van der Waals surface area contributed by atoms with Crippen LogP contribution >= 0.6 is 12.2 Å². The molecule has 0 aliphatic carbocycles. The zero-order chi connectivity index (χ0) is 17.5. The summed E-state index contributed by atoms with van der Waals surface area (Å²) in [6, 6.07) is 11.1. The van der Waals surface area contributed by atoms with Crippen LogP contribution in [0.5, 0.6) is 0 Å². The van der Waals surface area contributed by atoms with E-state index in [2.05, 4.69) is 10.3 Å². The van der Waals surface area contributed by atoms with Crippen molar-refractivity contribution < 1.29 is 14.3 Å². The van der Waals surface area contributed by atoms with Gasteiger partial charge in [-0.2, -0.15) is 0 Å². The molecule has 1 amide bonds. The van der Waals surface area contributed by atoms with Crippen molar-refractivity contribution in [1.29, 1.82) is 0 Å². The van der Waals surface area contributed by atoms with Crippen LogP contribution in [0.3, 0.4) is 0 Å². The third-order valence-electron chi connectivity index (χ3n) is 4.09. The van der Waals surface area contributed by atoms with Crippen LogP contribution in [0, 0.1) is 4.64 Å². The fourth-order valence-corrected chi connectivity index (χ4v) is 3.01. The first-order valence-corrected chi connectivity index (χ1v) is 8.90. The van der Waals surface area contributed by atoms with E-state index in [4.69, 9.17) is 21.7 Å². The van der Waals surface area contributed by atoms with Gasteiger partial charge in [-0.05, 0) is 49.1 Å². The van der Waals surface area contributed by atoms with E-state index in [1.807, 2.05) is 24.3 Å². The summed E-state index contributed by atoms with van der Waals surface area (Å²) in [7, 11) is 0. The highest BCUT2D eigenvalue weighted by Crippen LogP contribution is 2.16. The maximum Gasteiger partial charge on any atom is 0.258 e. The first kappa shape index (κ1) is 17.8. The maximum atomic E-state index is 12.3. The van der Waals surface area contributed by atoms with Crippen LogP contribution in [-0.2, 0) is 16.1 Å². The van der Waals surface area contributed by atoms with Crippen LogP contribution in [0.15, 0.2) is 42.6 Å². The molecule has 0 saturated carbocycles. The van der Waals surface area contributed by atoms with Crippen molar-refractivity contribution in [2.45, 2.75) is 32.0 Å². The Hall–Kier alpha value is -2.02. The molecule has 1 saturated heterocycles. The summed E-state index contributed by atoms with van der Waals surface area (Å²) in [6.45, 7) is 1.93. The van der Waals surface area contributed by atoms with E-state index in [-0.39, 0.29) is 12.0 Å². The lowest BCUT2D eigenvalue weighted by Gasteiger charge is -2.22. The van der Waals surface area contributed by atoms with Crippen molar-refractivity contribution >= 4 is 23.8 Å². The van der Waals surface area contributed by atoms with Crippen LogP contribution in [-0.4, -0.2) is 30.2 Å². The molecule has 1 aliphatic rings. The van der Waals surface area contributed by atoms with E-state index in [1.54, 1.807) is 18.3 Å². The van der Waals surface area contributed by atoms with Gasteiger partial charge in [-0.25, -0.2) is 0 Å². The molecule has 0 bridgehead atoms. The first-order valence-electron chi connectivity index (χ1n) is 8.50. The van der Waals surface area contributed by atoms with Gasteiger partial charge in [0.15, 0.2) is 0 Å². The topological polar surface area (TPSA) is 63.4 Å². The van der Waals surface area contributed by atoms with Crippen LogP contribution < -0.4 is 5.32 Å². The summed E-state index contributed by atoms with van der Waals surface area (Å²) >= 11 is 5.14. The second kappa shape index (κ2) is 8.89. The van der Waals surface area contributed by atoms with Gasteiger partial charge in [0, 0.05) is 18.5 Å². The van der Waals surface area contributed by atoms with Gasteiger partial charge in [0.1, 0.15) is 4.64 Å². The van der Waals surface area contributed by atoms with Crippen molar-refractivity contribution in [3.05, 3.63) is 58.4 Å². The minimum atomic E-state index is -0.226. The highest BCUT2D eigenvalue weighted by Gasteiger charge is 2.14. The summed E-state index contributed by atoms with van der Waals surface area (Å²) in [4.78, 5) is 15.2. The van der Waals surface area contributed by atoms with E-state index >= 15 is 0 Å². The number of hydrogen-bond donors (Lipinski definition) is 2. The monoisotopic (exact) mass is 358 g/mol. The predicted molar refractivity (Wildman–Crippen MR) is 99.3 cm³/mol. The van der Waals surface area contributed by atoms with Gasteiger partial charge in [-0.3, -0.25) is 4.79 Å². The molecule has 1 atom stereocenters. The third-order valence-corrected chi connectivity index (χ3v) is 4.43. The third kappa shape index (κ3) is 5.22. The molecule has 1 aromatic heterocycles. The second-order valence-corrected chi connectivity index (χ2v) is 6.48. The van der Waals surface area contributed by atoms with Crippen molar-refractivity contribution in [2.24, 2.45) is 0 Å². The number of amides is 1. The van der Waals surface area contributed by atoms with Crippen LogP contribution in [0.25, 0.3) is 0 Å². The van der Waals surface area contributed by atoms with Crippen molar-refractivity contribution in [1.82, 2.24) is 4.98 Å². The summed E-state index contributed by atoms with van der Waals surface area (Å²) in [6.07, 6.45) is 5.32. The highest BCUT2D eigenvalue weighted by atomic mass is 32.1. The van der Waals surface area contributed by atoms with Gasteiger partial charge >= 0.3 is 0 Å². The van der Waals surface area contributed by atoms with Gasteiger partial charge in [0.25, 0.3) is 5.91 Å². The van der Waals surface area contributed by atoms with Crippen LogP contribution in [0.2, 0.25) is 0 Å². The van der Waals surface area contributed by atoms with Gasteiger partial charge < -0.3 is 19.8 Å². The van der Waals surface area contributed by atoms with E-state index < -0.39 is 0 Å². The highest BCUT2D eigenvalue weighted by molar-refractivity contribution is 7.71. The smallest absolute Gasteiger partial charge is 0.258 e. The van der Waals surface area contributed by atoms with E-state index in [0.717, 1.165) is 30.7 Å². The number of rotatable bonds is 6. The number of pyridine rings is 1. The molecule has 6 heteroatoms. The maximum absolute atomic E-state index is 12.3. The molecule has 5 nitrogen and oxygen atoms in total. The number of carbonyl (C=O) groups excluding carboxylic acids is 1. The number of hydrogen-bond acceptors (Lipinski definition) is 4. The van der Waals surface area contributed by atoms with Gasteiger partial charge in [0.2, 0.25) is 0 Å². The van der Waals surface area contributed by atoms with Crippen molar-refractivity contribution in [2.75, 3.05) is 18.5 Å². The Kier molecular flexibility index (Phi) is 6.33. The second-order valence-electron chi connectivity index (χ2n) is 6.07. The SMILES string of the molecule is O=C(Nc1cccc(COC[C@@H]2CCCCO2)c1)c1ccc[nH]c1=S. The standard InChI is InChI=1S/C19H22N2O3S/c22-18(17-8-4-9-20-19(17)25)21-15-6-3-5-14(11-15)12-23-13-16-7-1-2-10-24-16/h3-6,8-9,11,16H,1-2,7,10,12-13H2,(H,20,25)(H,21,22)/t16-/m0/s1. The Morgan fingerprint density at radius 1 is 1.32 bits per heavy atom. The Labute approximate surface area is 152 Å². The fourth-order valence-electron chi connectivity index (χ4n) is 2.78. The number of carbonyl (C=O) groups is 1. The number of aromatic nitrogens is 1. The van der Waals surface area contributed by atoms with E-state index in [1.165, 1.54) is 6.42 Å². The summed E-state index contributed by atoms with van der Waals surface area (Å²) < 4.78 is 11.8. The fraction of sp³-hybridized carbons (Fsp3) is 0.368. The lowest BCUT2D eigenvalue weighted by Crippen LogP contribution is -2.24. The van der Waals surface area contributed by atoms with Gasteiger partial charge in [0.05, 0.1) is 24.9 Å². The lowest BCUT2D eigenvalue weighted by molar-refractivity contribution is -0.0447.